The number of pyridine rings is 1. The number of nitrogens with one attached hydrogen (secondary N) is 1. The van der Waals surface area contributed by atoms with Crippen molar-refractivity contribution in [2.75, 3.05) is 18.0 Å². The summed E-state index contributed by atoms with van der Waals surface area (Å²) in [5, 5.41) is 6.83. The van der Waals surface area contributed by atoms with Crippen LogP contribution >= 0.6 is 0 Å². The summed E-state index contributed by atoms with van der Waals surface area (Å²) in [5.41, 5.74) is 2.71. The molecule has 2 aromatic rings. The van der Waals surface area contributed by atoms with Gasteiger partial charge in [0.15, 0.2) is 0 Å². The van der Waals surface area contributed by atoms with Gasteiger partial charge >= 0.3 is 0 Å². The number of carbonyl (C=O) groups excluding carboxylic acids is 1. The fourth-order valence-electron chi connectivity index (χ4n) is 2.87. The summed E-state index contributed by atoms with van der Waals surface area (Å²) in [6, 6.07) is 4.00. The van der Waals surface area contributed by atoms with Crippen LogP contribution in [0.4, 0.5) is 5.82 Å². The van der Waals surface area contributed by atoms with Crippen molar-refractivity contribution < 1.29 is 9.32 Å². The van der Waals surface area contributed by atoms with E-state index in [1.54, 1.807) is 0 Å². The third-order valence-corrected chi connectivity index (χ3v) is 4.25. The number of nitrogens with zero attached hydrogens (tertiary/aromatic N) is 3. The minimum atomic E-state index is -0.0288. The van der Waals surface area contributed by atoms with Crippen molar-refractivity contribution in [2.24, 2.45) is 0 Å². The molecule has 0 bridgehead atoms. The Kier molecular flexibility index (Phi) is 4.60. The minimum absolute atomic E-state index is 0.0288. The lowest BCUT2D eigenvalue weighted by Crippen LogP contribution is -2.25. The highest BCUT2D eigenvalue weighted by atomic mass is 16.5. The van der Waals surface area contributed by atoms with E-state index < -0.39 is 0 Å². The molecule has 1 amide bonds. The molecule has 23 heavy (non-hydrogen) atoms. The van der Waals surface area contributed by atoms with Gasteiger partial charge < -0.3 is 14.7 Å². The molecule has 2 aromatic heterocycles. The van der Waals surface area contributed by atoms with E-state index in [2.05, 4.69) is 26.4 Å². The molecule has 0 radical (unpaired) electrons. The van der Waals surface area contributed by atoms with E-state index in [-0.39, 0.29) is 5.91 Å². The molecule has 1 saturated heterocycles. The highest BCUT2D eigenvalue weighted by Crippen LogP contribution is 2.18. The molecule has 3 heterocycles. The SMILES string of the molecule is Cc1noc(C)c1CC(=O)NCc1ccnc(N2CCCC2)c1. The summed E-state index contributed by atoms with van der Waals surface area (Å²) in [7, 11) is 0. The van der Waals surface area contributed by atoms with Crippen molar-refractivity contribution in [3.63, 3.8) is 0 Å². The quantitative estimate of drug-likeness (QED) is 0.915. The zero-order chi connectivity index (χ0) is 16.2. The number of anilines is 1. The van der Waals surface area contributed by atoms with Gasteiger partial charge in [-0.15, -0.1) is 0 Å². The Hall–Kier alpha value is -2.37. The third kappa shape index (κ3) is 3.70. The molecule has 1 N–H and O–H groups in total. The second-order valence-electron chi connectivity index (χ2n) is 5.97. The van der Waals surface area contributed by atoms with Gasteiger partial charge in [0.25, 0.3) is 0 Å². The summed E-state index contributed by atoms with van der Waals surface area (Å²) >= 11 is 0. The number of carbonyl (C=O) groups is 1. The van der Waals surface area contributed by atoms with Gasteiger partial charge in [-0.25, -0.2) is 4.98 Å². The number of aryl methyl sites for hydroxylation is 2. The van der Waals surface area contributed by atoms with Gasteiger partial charge in [0.1, 0.15) is 11.6 Å². The van der Waals surface area contributed by atoms with Gasteiger partial charge in [0, 0.05) is 31.4 Å². The summed E-state index contributed by atoms with van der Waals surface area (Å²) in [4.78, 5) is 18.8. The van der Waals surface area contributed by atoms with Gasteiger partial charge in [-0.3, -0.25) is 4.79 Å². The first kappa shape index (κ1) is 15.5. The van der Waals surface area contributed by atoms with Crippen LogP contribution in [0.15, 0.2) is 22.9 Å². The lowest BCUT2D eigenvalue weighted by molar-refractivity contribution is -0.120. The Morgan fingerprint density at radius 3 is 2.83 bits per heavy atom. The molecule has 6 heteroatoms. The first-order chi connectivity index (χ1) is 11.1. The molecule has 122 valence electrons. The predicted molar refractivity (Wildman–Crippen MR) is 87.2 cm³/mol. The van der Waals surface area contributed by atoms with Gasteiger partial charge in [-0.2, -0.15) is 0 Å². The molecule has 6 nitrogen and oxygen atoms in total. The standard InChI is InChI=1S/C17H22N4O2/c1-12-15(13(2)23-20-12)10-17(22)19-11-14-5-6-18-16(9-14)21-7-3-4-8-21/h5-6,9H,3-4,7-8,10-11H2,1-2H3,(H,19,22). The van der Waals surface area contributed by atoms with Gasteiger partial charge in [0.2, 0.25) is 5.91 Å². The van der Waals surface area contributed by atoms with Crippen molar-refractivity contribution in [2.45, 2.75) is 39.7 Å². The highest BCUT2D eigenvalue weighted by molar-refractivity contribution is 5.79. The molecule has 0 aliphatic carbocycles. The molecule has 0 unspecified atom stereocenters. The van der Waals surface area contributed by atoms with E-state index in [1.807, 2.05) is 26.1 Å². The fraction of sp³-hybridized carbons (Fsp3) is 0.471. The van der Waals surface area contributed by atoms with Crippen molar-refractivity contribution in [1.29, 1.82) is 0 Å². The van der Waals surface area contributed by atoms with Gasteiger partial charge in [0.05, 0.1) is 12.1 Å². The first-order valence-corrected chi connectivity index (χ1v) is 8.02. The minimum Gasteiger partial charge on any atom is -0.361 e. The van der Waals surface area contributed by atoms with Crippen molar-refractivity contribution in [1.82, 2.24) is 15.5 Å². The van der Waals surface area contributed by atoms with Gasteiger partial charge in [-0.1, -0.05) is 5.16 Å². The number of rotatable bonds is 5. The summed E-state index contributed by atoms with van der Waals surface area (Å²) in [6.45, 7) is 6.31. The van der Waals surface area contributed by atoms with Crippen LogP contribution in [0.2, 0.25) is 0 Å². The molecule has 0 spiro atoms. The molecule has 0 aromatic carbocycles. The molecule has 1 aliphatic heterocycles. The van der Waals surface area contributed by atoms with Crippen LogP contribution in [0, 0.1) is 13.8 Å². The smallest absolute Gasteiger partial charge is 0.224 e. The normalized spacial score (nSPS) is 14.3. The van der Waals surface area contributed by atoms with Crippen molar-refractivity contribution >= 4 is 11.7 Å². The summed E-state index contributed by atoms with van der Waals surface area (Å²) in [6.07, 6.45) is 4.55. The predicted octanol–water partition coefficient (Wildman–Crippen LogP) is 2.15. The first-order valence-electron chi connectivity index (χ1n) is 8.02. The van der Waals surface area contributed by atoms with E-state index in [9.17, 15) is 4.79 Å². The second kappa shape index (κ2) is 6.81. The maximum Gasteiger partial charge on any atom is 0.224 e. The lowest BCUT2D eigenvalue weighted by atomic mass is 10.1. The molecular weight excluding hydrogens is 292 g/mol. The molecular formula is C17H22N4O2. The van der Waals surface area contributed by atoms with Crippen LogP contribution in [-0.4, -0.2) is 29.1 Å². The van der Waals surface area contributed by atoms with Crippen molar-refractivity contribution in [3.8, 4) is 0 Å². The van der Waals surface area contributed by atoms with Crippen LogP contribution < -0.4 is 10.2 Å². The molecule has 0 atom stereocenters. The maximum absolute atomic E-state index is 12.1. The van der Waals surface area contributed by atoms with Crippen LogP contribution in [0.5, 0.6) is 0 Å². The largest absolute Gasteiger partial charge is 0.361 e. The summed E-state index contributed by atoms with van der Waals surface area (Å²) < 4.78 is 5.09. The van der Waals surface area contributed by atoms with E-state index in [0.29, 0.717) is 18.7 Å². The van der Waals surface area contributed by atoms with Gasteiger partial charge in [-0.05, 0) is 44.4 Å². The third-order valence-electron chi connectivity index (χ3n) is 4.25. The molecule has 1 fully saturated rings. The topological polar surface area (TPSA) is 71.3 Å². The molecule has 3 rings (SSSR count). The average molecular weight is 314 g/mol. The van der Waals surface area contributed by atoms with E-state index in [4.69, 9.17) is 4.52 Å². The average Bonchev–Trinajstić information content (AvgIpc) is 3.19. The number of amides is 1. The Bertz CT molecular complexity index is 670. The Labute approximate surface area is 135 Å². The number of hydrogen-bond donors (Lipinski definition) is 1. The van der Waals surface area contributed by atoms with Crippen LogP contribution in [-0.2, 0) is 17.8 Å². The maximum atomic E-state index is 12.1. The summed E-state index contributed by atoms with van der Waals surface area (Å²) in [5.74, 6) is 1.68. The number of hydrogen-bond acceptors (Lipinski definition) is 5. The Morgan fingerprint density at radius 2 is 2.13 bits per heavy atom. The zero-order valence-electron chi connectivity index (χ0n) is 13.6. The van der Waals surface area contributed by atoms with Crippen molar-refractivity contribution in [3.05, 3.63) is 40.9 Å². The van der Waals surface area contributed by atoms with E-state index in [0.717, 1.165) is 35.7 Å². The fourth-order valence-corrected chi connectivity index (χ4v) is 2.87. The Morgan fingerprint density at radius 1 is 1.35 bits per heavy atom. The van der Waals surface area contributed by atoms with Crippen LogP contribution in [0.1, 0.15) is 35.4 Å². The van der Waals surface area contributed by atoms with Crippen LogP contribution in [0.3, 0.4) is 0 Å². The Balaban J connectivity index is 1.57. The van der Waals surface area contributed by atoms with E-state index in [1.165, 1.54) is 12.8 Å². The van der Waals surface area contributed by atoms with E-state index >= 15 is 0 Å². The second-order valence-corrected chi connectivity index (χ2v) is 5.97. The highest BCUT2D eigenvalue weighted by Gasteiger charge is 2.15. The lowest BCUT2D eigenvalue weighted by Gasteiger charge is -2.17. The molecule has 1 aliphatic rings. The van der Waals surface area contributed by atoms with Crippen LogP contribution in [0.25, 0.3) is 0 Å². The monoisotopic (exact) mass is 314 g/mol. The number of aromatic nitrogens is 2. The zero-order valence-corrected chi connectivity index (χ0v) is 13.6. The molecule has 0 saturated carbocycles.